The van der Waals surface area contributed by atoms with E-state index in [2.05, 4.69) is 4.74 Å². The van der Waals surface area contributed by atoms with E-state index < -0.39 is 11.9 Å². The Morgan fingerprint density at radius 1 is 1.00 bits per heavy atom. The third-order valence-corrected chi connectivity index (χ3v) is 1.64. The van der Waals surface area contributed by atoms with Crippen LogP contribution in [-0.4, -0.2) is 11.9 Å². The van der Waals surface area contributed by atoms with Gasteiger partial charge in [0, 0.05) is 12.2 Å². The molecule has 4 nitrogen and oxygen atoms in total. The van der Waals surface area contributed by atoms with Crippen molar-refractivity contribution in [3.8, 4) is 0 Å². The average Bonchev–Trinajstić information content (AvgIpc) is 2.65. The number of nitrogens with two attached hydrogens (primary N) is 1. The monoisotopic (exact) mass is 217 g/mol. The number of rotatable bonds is 1. The summed E-state index contributed by atoms with van der Waals surface area (Å²) in [5.41, 5.74) is 6.32. The smallest absolute Gasteiger partial charge is 0.338 e. The van der Waals surface area contributed by atoms with Gasteiger partial charge in [0.15, 0.2) is 0 Å². The molecular formula is C12H11NO3. The first kappa shape index (κ1) is 11.7. The summed E-state index contributed by atoms with van der Waals surface area (Å²) in [6, 6.07) is 9.95. The SMILES string of the molecule is NC=Cc1ccccc1.O=C1C=CC(=O)O1. The van der Waals surface area contributed by atoms with Crippen LogP contribution in [0.4, 0.5) is 0 Å². The summed E-state index contributed by atoms with van der Waals surface area (Å²) in [4.78, 5) is 19.8. The predicted octanol–water partition coefficient (Wildman–Crippen LogP) is 1.24. The van der Waals surface area contributed by atoms with Gasteiger partial charge >= 0.3 is 11.9 Å². The highest BCUT2D eigenvalue weighted by Crippen LogP contribution is 1.98. The fourth-order valence-electron chi connectivity index (χ4n) is 0.979. The molecule has 0 saturated carbocycles. The maximum Gasteiger partial charge on any atom is 0.338 e. The second kappa shape index (κ2) is 6.19. The van der Waals surface area contributed by atoms with Crippen LogP contribution in [0.1, 0.15) is 5.56 Å². The van der Waals surface area contributed by atoms with E-state index >= 15 is 0 Å². The molecule has 1 aromatic carbocycles. The molecule has 1 aliphatic rings. The first-order valence-electron chi connectivity index (χ1n) is 4.59. The van der Waals surface area contributed by atoms with E-state index in [0.29, 0.717) is 0 Å². The molecule has 0 unspecified atom stereocenters. The highest BCUT2D eigenvalue weighted by atomic mass is 16.6. The van der Waals surface area contributed by atoms with Gasteiger partial charge in [-0.1, -0.05) is 30.3 Å². The molecule has 1 aliphatic heterocycles. The molecule has 16 heavy (non-hydrogen) atoms. The van der Waals surface area contributed by atoms with Gasteiger partial charge in [-0.3, -0.25) is 0 Å². The van der Waals surface area contributed by atoms with Crippen molar-refractivity contribution < 1.29 is 14.3 Å². The van der Waals surface area contributed by atoms with Crippen LogP contribution in [-0.2, 0) is 14.3 Å². The van der Waals surface area contributed by atoms with Crippen LogP contribution in [0.2, 0.25) is 0 Å². The Morgan fingerprint density at radius 3 is 1.94 bits per heavy atom. The summed E-state index contributed by atoms with van der Waals surface area (Å²) in [6.45, 7) is 0. The Labute approximate surface area is 93.0 Å². The quantitative estimate of drug-likeness (QED) is 0.567. The standard InChI is InChI=1S/C8H9N.C4H2O3/c9-7-6-8-4-2-1-3-5-8;5-3-1-2-4(6)7-3/h1-7H,9H2;1-2H. The van der Waals surface area contributed by atoms with Crippen LogP contribution >= 0.6 is 0 Å². The molecule has 1 heterocycles. The van der Waals surface area contributed by atoms with Gasteiger partial charge in [-0.25, -0.2) is 9.59 Å². The number of carbonyl (C=O) groups is 2. The van der Waals surface area contributed by atoms with E-state index in [1.807, 2.05) is 36.4 Å². The summed E-state index contributed by atoms with van der Waals surface area (Å²) in [6.07, 6.45) is 5.57. The molecular weight excluding hydrogens is 206 g/mol. The molecule has 0 aliphatic carbocycles. The summed E-state index contributed by atoms with van der Waals surface area (Å²) >= 11 is 0. The molecule has 2 rings (SSSR count). The third-order valence-electron chi connectivity index (χ3n) is 1.64. The van der Waals surface area contributed by atoms with Gasteiger partial charge in [0.05, 0.1) is 0 Å². The van der Waals surface area contributed by atoms with Crippen LogP contribution in [0.15, 0.2) is 48.7 Å². The first-order valence-corrected chi connectivity index (χ1v) is 4.59. The minimum absolute atomic E-state index is 0.579. The summed E-state index contributed by atoms with van der Waals surface area (Å²) in [5, 5.41) is 0. The van der Waals surface area contributed by atoms with Crippen molar-refractivity contribution in [1.29, 1.82) is 0 Å². The molecule has 0 radical (unpaired) electrons. The second-order valence-corrected chi connectivity index (χ2v) is 2.84. The van der Waals surface area contributed by atoms with Gasteiger partial charge in [-0.05, 0) is 17.8 Å². The maximum absolute atomic E-state index is 9.92. The molecule has 0 bridgehead atoms. The molecule has 1 aromatic rings. The van der Waals surface area contributed by atoms with E-state index in [-0.39, 0.29) is 0 Å². The van der Waals surface area contributed by atoms with E-state index in [1.54, 1.807) is 0 Å². The van der Waals surface area contributed by atoms with Crippen molar-refractivity contribution >= 4 is 18.0 Å². The fraction of sp³-hybridized carbons (Fsp3) is 0. The molecule has 0 amide bonds. The van der Waals surface area contributed by atoms with Gasteiger partial charge < -0.3 is 10.5 Å². The van der Waals surface area contributed by atoms with E-state index in [1.165, 1.54) is 6.20 Å². The maximum atomic E-state index is 9.92. The lowest BCUT2D eigenvalue weighted by molar-refractivity contribution is -0.150. The summed E-state index contributed by atoms with van der Waals surface area (Å²) < 4.78 is 3.97. The third kappa shape index (κ3) is 4.23. The van der Waals surface area contributed by atoms with Crippen molar-refractivity contribution in [1.82, 2.24) is 0 Å². The molecule has 0 fully saturated rings. The van der Waals surface area contributed by atoms with Crippen LogP contribution < -0.4 is 5.73 Å². The van der Waals surface area contributed by atoms with Crippen molar-refractivity contribution in [3.63, 3.8) is 0 Å². The molecule has 0 spiro atoms. The molecule has 82 valence electrons. The zero-order valence-corrected chi connectivity index (χ0v) is 8.50. The molecule has 0 saturated heterocycles. The number of hydrogen-bond acceptors (Lipinski definition) is 4. The van der Waals surface area contributed by atoms with Crippen molar-refractivity contribution in [3.05, 3.63) is 54.2 Å². The van der Waals surface area contributed by atoms with Gasteiger partial charge in [0.25, 0.3) is 0 Å². The van der Waals surface area contributed by atoms with Crippen LogP contribution in [0.5, 0.6) is 0 Å². The van der Waals surface area contributed by atoms with E-state index in [0.717, 1.165) is 17.7 Å². The minimum atomic E-state index is -0.579. The van der Waals surface area contributed by atoms with Crippen LogP contribution in [0.3, 0.4) is 0 Å². The lowest BCUT2D eigenvalue weighted by Crippen LogP contribution is -1.96. The Morgan fingerprint density at radius 2 is 1.56 bits per heavy atom. The molecule has 4 heteroatoms. The predicted molar refractivity (Wildman–Crippen MR) is 59.9 cm³/mol. The number of cyclic esters (lactones) is 2. The lowest BCUT2D eigenvalue weighted by Gasteiger charge is -1.86. The summed E-state index contributed by atoms with van der Waals surface area (Å²) in [5.74, 6) is -1.16. The van der Waals surface area contributed by atoms with Crippen LogP contribution in [0, 0.1) is 0 Å². The Kier molecular flexibility index (Phi) is 4.53. The van der Waals surface area contributed by atoms with E-state index in [9.17, 15) is 9.59 Å². The van der Waals surface area contributed by atoms with E-state index in [4.69, 9.17) is 5.73 Å². The lowest BCUT2D eigenvalue weighted by atomic mass is 10.2. The summed E-state index contributed by atoms with van der Waals surface area (Å²) in [7, 11) is 0. The minimum Gasteiger partial charge on any atom is -0.405 e. The van der Waals surface area contributed by atoms with Gasteiger partial charge in [-0.2, -0.15) is 0 Å². The molecule has 2 N–H and O–H groups in total. The number of esters is 2. The fourth-order valence-corrected chi connectivity index (χ4v) is 0.979. The van der Waals surface area contributed by atoms with Gasteiger partial charge in [0.1, 0.15) is 0 Å². The number of hydrogen-bond donors (Lipinski definition) is 1. The molecule has 0 atom stereocenters. The Bertz CT molecular complexity index is 405. The number of benzene rings is 1. The normalized spacial score (nSPS) is 13.5. The largest absolute Gasteiger partial charge is 0.405 e. The highest BCUT2D eigenvalue weighted by molar-refractivity contribution is 6.04. The van der Waals surface area contributed by atoms with Crippen LogP contribution in [0.25, 0.3) is 6.08 Å². The first-order chi connectivity index (χ1) is 7.72. The average molecular weight is 217 g/mol. The number of carbonyl (C=O) groups excluding carboxylic acids is 2. The van der Waals surface area contributed by atoms with Gasteiger partial charge in [-0.15, -0.1) is 0 Å². The van der Waals surface area contributed by atoms with Gasteiger partial charge in [0.2, 0.25) is 0 Å². The molecule has 0 aromatic heterocycles. The van der Waals surface area contributed by atoms with Crippen molar-refractivity contribution in [2.45, 2.75) is 0 Å². The zero-order chi connectivity index (χ0) is 11.8. The zero-order valence-electron chi connectivity index (χ0n) is 8.50. The Balaban J connectivity index is 0.000000165. The topological polar surface area (TPSA) is 69.4 Å². The highest BCUT2D eigenvalue weighted by Gasteiger charge is 2.10. The Hall–Kier alpha value is -2.36. The second-order valence-electron chi connectivity index (χ2n) is 2.84. The van der Waals surface area contributed by atoms with Crippen molar-refractivity contribution in [2.24, 2.45) is 5.73 Å². The number of ether oxygens (including phenoxy) is 1. The van der Waals surface area contributed by atoms with Crippen molar-refractivity contribution in [2.75, 3.05) is 0 Å².